The van der Waals surface area contributed by atoms with E-state index in [-0.39, 0.29) is 18.9 Å². The molecule has 0 aromatic rings. The van der Waals surface area contributed by atoms with Crippen LogP contribution in [0.25, 0.3) is 0 Å². The van der Waals surface area contributed by atoms with Crippen molar-refractivity contribution in [2.24, 2.45) is 0 Å². The third-order valence-electron chi connectivity index (χ3n) is 16.0. The van der Waals surface area contributed by atoms with Crippen LogP contribution < -0.4 is 5.32 Å². The molecule has 19 heteroatoms. The summed E-state index contributed by atoms with van der Waals surface area (Å²) in [5, 5.41) is 120. The molecule has 0 aliphatic carbocycles. The molecule has 3 rings (SSSR count). The van der Waals surface area contributed by atoms with Gasteiger partial charge in [0.25, 0.3) is 0 Å². The highest BCUT2D eigenvalue weighted by Gasteiger charge is 2.53. The summed E-state index contributed by atoms with van der Waals surface area (Å²) < 4.78 is 34.1. The predicted octanol–water partition coefficient (Wildman–Crippen LogP) is 7.38. The number of rotatable bonds is 48. The number of nitrogens with one attached hydrogen (secondary N) is 1. The zero-order valence-corrected chi connectivity index (χ0v) is 51.6. The second kappa shape index (κ2) is 48.1. The van der Waals surface area contributed by atoms with Crippen molar-refractivity contribution >= 4 is 5.91 Å². The quantitative estimate of drug-likeness (QED) is 0.0209. The fourth-order valence-corrected chi connectivity index (χ4v) is 10.7. The topological polar surface area (TPSA) is 307 Å². The van der Waals surface area contributed by atoms with Crippen LogP contribution in [0.1, 0.15) is 206 Å². The van der Waals surface area contributed by atoms with Gasteiger partial charge in [0.05, 0.1) is 38.6 Å². The summed E-state index contributed by atoms with van der Waals surface area (Å²) in [7, 11) is 0. The molecule has 19 nitrogen and oxygen atoms in total. The molecule has 0 spiro atoms. The van der Waals surface area contributed by atoms with Crippen LogP contribution in [0.3, 0.4) is 0 Å². The Morgan fingerprint density at radius 2 is 0.812 bits per heavy atom. The lowest BCUT2D eigenvalue weighted by molar-refractivity contribution is -0.379. The van der Waals surface area contributed by atoms with E-state index in [9.17, 15) is 61.0 Å². The molecule has 3 fully saturated rings. The largest absolute Gasteiger partial charge is 0.394 e. The molecule has 17 atom stereocenters. The maximum atomic E-state index is 13.2. The van der Waals surface area contributed by atoms with E-state index in [0.717, 1.165) is 77.0 Å². The average molecular weight is 1210 g/mol. The first-order valence-electron chi connectivity index (χ1n) is 32.7. The molecule has 3 aliphatic heterocycles. The van der Waals surface area contributed by atoms with Crippen molar-refractivity contribution in [3.8, 4) is 0 Å². The van der Waals surface area contributed by atoms with Crippen molar-refractivity contribution in [2.45, 2.75) is 311 Å². The number of aliphatic hydroxyl groups excluding tert-OH is 11. The number of hydrogen-bond donors (Lipinski definition) is 12. The lowest BCUT2D eigenvalue weighted by atomic mass is 9.96. The van der Waals surface area contributed by atoms with Crippen LogP contribution in [0.15, 0.2) is 72.9 Å². The summed E-state index contributed by atoms with van der Waals surface area (Å²) in [5.74, 6) is -0.284. The molecule has 492 valence electrons. The third-order valence-corrected chi connectivity index (χ3v) is 16.0. The molecule has 0 aromatic carbocycles. The molecule has 17 unspecified atom stereocenters. The molecular weight excluding hydrogens is 1090 g/mol. The SMILES string of the molecule is CC/C=C\C/C=C\C/C=C\C/C=C\C/C=C\CCCCCCCCCCCCCCCCCCCCCC(=O)NC(COC1OC(CO)C(OC2OC(CO)C(OC3OC(CO)C(O)C(O)C3O)C(O)C2O)C(O)C1O)C(O)/C=C/CCCCC. The minimum atomic E-state index is -1.98. The fraction of sp³-hybridized carbons (Fsp3) is 0.803. The van der Waals surface area contributed by atoms with Gasteiger partial charge in [0.15, 0.2) is 18.9 Å². The van der Waals surface area contributed by atoms with Crippen molar-refractivity contribution < 1.29 is 89.4 Å². The van der Waals surface area contributed by atoms with Crippen LogP contribution >= 0.6 is 0 Å². The Balaban J connectivity index is 1.27. The normalized spacial score (nSPS) is 29.4. The highest BCUT2D eigenvalue weighted by molar-refractivity contribution is 5.76. The van der Waals surface area contributed by atoms with Crippen molar-refractivity contribution in [2.75, 3.05) is 26.4 Å². The Bertz CT molecular complexity index is 1830. The molecule has 3 saturated heterocycles. The van der Waals surface area contributed by atoms with Crippen LogP contribution in [0.4, 0.5) is 0 Å². The second-order valence-corrected chi connectivity index (χ2v) is 23.2. The van der Waals surface area contributed by atoms with E-state index in [1.165, 1.54) is 103 Å². The van der Waals surface area contributed by atoms with Gasteiger partial charge in [0.1, 0.15) is 73.2 Å². The van der Waals surface area contributed by atoms with Gasteiger partial charge in [-0.15, -0.1) is 0 Å². The van der Waals surface area contributed by atoms with Crippen molar-refractivity contribution in [3.63, 3.8) is 0 Å². The first-order chi connectivity index (χ1) is 41.3. The van der Waals surface area contributed by atoms with Gasteiger partial charge in [-0.1, -0.05) is 209 Å². The van der Waals surface area contributed by atoms with E-state index in [1.807, 2.05) is 6.08 Å². The number of ether oxygens (including phenoxy) is 6. The first kappa shape index (κ1) is 76.5. The van der Waals surface area contributed by atoms with Crippen LogP contribution in [0, 0.1) is 0 Å². The monoisotopic (exact) mass is 1210 g/mol. The summed E-state index contributed by atoms with van der Waals surface area (Å²) in [5.41, 5.74) is 0. The molecule has 0 bridgehead atoms. The van der Waals surface area contributed by atoms with E-state index in [1.54, 1.807) is 6.08 Å². The number of carbonyl (C=O) groups is 1. The molecule has 0 aromatic heterocycles. The van der Waals surface area contributed by atoms with Crippen molar-refractivity contribution in [1.82, 2.24) is 5.32 Å². The molecule has 85 heavy (non-hydrogen) atoms. The van der Waals surface area contributed by atoms with E-state index < -0.39 is 124 Å². The summed E-state index contributed by atoms with van der Waals surface area (Å²) in [6.07, 6.45) is 32.8. The zero-order valence-electron chi connectivity index (χ0n) is 51.6. The third kappa shape index (κ3) is 31.0. The lowest BCUT2D eigenvalue weighted by Crippen LogP contribution is -2.66. The van der Waals surface area contributed by atoms with Crippen LogP contribution in [0.2, 0.25) is 0 Å². The van der Waals surface area contributed by atoms with Crippen LogP contribution in [-0.2, 0) is 33.2 Å². The Hall–Kier alpha value is -2.77. The van der Waals surface area contributed by atoms with Crippen LogP contribution in [-0.4, -0.2) is 193 Å². The minimum absolute atomic E-state index is 0.241. The molecule has 3 heterocycles. The smallest absolute Gasteiger partial charge is 0.220 e. The van der Waals surface area contributed by atoms with Crippen molar-refractivity contribution in [1.29, 1.82) is 0 Å². The maximum Gasteiger partial charge on any atom is 0.220 e. The van der Waals surface area contributed by atoms with E-state index in [0.29, 0.717) is 6.42 Å². The average Bonchev–Trinajstić information content (AvgIpc) is 2.21. The summed E-state index contributed by atoms with van der Waals surface area (Å²) in [6, 6.07) is -0.970. The van der Waals surface area contributed by atoms with E-state index >= 15 is 0 Å². The van der Waals surface area contributed by atoms with Gasteiger partial charge in [-0.3, -0.25) is 4.79 Å². The van der Waals surface area contributed by atoms with E-state index in [2.05, 4.69) is 79.9 Å². The van der Waals surface area contributed by atoms with Crippen molar-refractivity contribution in [3.05, 3.63) is 72.9 Å². The first-order valence-corrected chi connectivity index (χ1v) is 32.7. The predicted molar refractivity (Wildman–Crippen MR) is 328 cm³/mol. The molecule has 1 amide bonds. The number of hydrogen-bond acceptors (Lipinski definition) is 18. The van der Waals surface area contributed by atoms with Gasteiger partial charge >= 0.3 is 0 Å². The Kier molecular flexibility index (Phi) is 43.3. The highest BCUT2D eigenvalue weighted by Crippen LogP contribution is 2.33. The van der Waals surface area contributed by atoms with Crippen LogP contribution in [0.5, 0.6) is 0 Å². The highest BCUT2D eigenvalue weighted by atomic mass is 16.8. The molecule has 12 N–H and O–H groups in total. The number of allylic oxidation sites excluding steroid dienone is 11. The maximum absolute atomic E-state index is 13.2. The van der Waals surface area contributed by atoms with E-state index in [4.69, 9.17) is 28.4 Å². The fourth-order valence-electron chi connectivity index (χ4n) is 10.7. The molecule has 0 saturated carbocycles. The summed E-state index contributed by atoms with van der Waals surface area (Å²) >= 11 is 0. The molecular formula is C66H115NO18. The summed E-state index contributed by atoms with van der Waals surface area (Å²) in [6.45, 7) is 1.47. The zero-order chi connectivity index (χ0) is 61.9. The van der Waals surface area contributed by atoms with Gasteiger partial charge in [-0.2, -0.15) is 0 Å². The van der Waals surface area contributed by atoms with Gasteiger partial charge in [0, 0.05) is 6.42 Å². The standard InChI is InChI=1S/C66H115NO18/c1-3-5-7-9-10-11-12-13-14-15-16-17-18-19-20-21-22-23-24-25-26-27-28-29-30-31-32-33-34-35-36-37-38-40-42-44-54(72)67-49(50(71)43-41-39-8-6-4-2)48-80-64-60(78)57(75)62(52(46-69)82-64)85-66-61(79)58(76)63(53(47-70)83-66)84-65-59(77)56(74)55(73)51(45-68)81-65/h5,7,10-11,13-14,16-17,19-20,41,43,49-53,55-66,68-71,73-79H,3-4,6,8-9,12,15,18,21-40,42,44-48H2,1-2H3,(H,67,72)/b7-5-,11-10-,14-13-,17-16-,20-19-,43-41+. The Morgan fingerprint density at radius 1 is 0.435 bits per heavy atom. The molecule has 3 aliphatic rings. The van der Waals surface area contributed by atoms with Gasteiger partial charge in [0.2, 0.25) is 5.91 Å². The number of carbonyl (C=O) groups excluding carboxylic acids is 1. The Labute approximate surface area is 508 Å². The van der Waals surface area contributed by atoms with Gasteiger partial charge < -0.3 is 89.9 Å². The number of unbranched alkanes of at least 4 members (excludes halogenated alkanes) is 22. The summed E-state index contributed by atoms with van der Waals surface area (Å²) in [4.78, 5) is 13.2. The number of aliphatic hydroxyl groups is 11. The van der Waals surface area contributed by atoms with Gasteiger partial charge in [-0.05, 0) is 64.2 Å². The van der Waals surface area contributed by atoms with Gasteiger partial charge in [-0.25, -0.2) is 0 Å². The molecule has 0 radical (unpaired) electrons. The Morgan fingerprint density at radius 3 is 1.27 bits per heavy atom. The minimum Gasteiger partial charge on any atom is -0.394 e. The lowest BCUT2D eigenvalue weighted by Gasteiger charge is -2.48. The second-order valence-electron chi connectivity index (χ2n) is 23.2. The number of amides is 1.